The average molecular weight is 449 g/mol. The lowest BCUT2D eigenvalue weighted by Gasteiger charge is -2.19. The van der Waals surface area contributed by atoms with Crippen LogP contribution < -0.4 is 10.2 Å². The van der Waals surface area contributed by atoms with Crippen LogP contribution in [-0.4, -0.2) is 44.9 Å². The normalized spacial score (nSPS) is 17.0. The van der Waals surface area contributed by atoms with Crippen molar-refractivity contribution in [2.75, 3.05) is 23.5 Å². The van der Waals surface area contributed by atoms with E-state index in [9.17, 15) is 13.6 Å². The van der Waals surface area contributed by atoms with Gasteiger partial charge in [0.15, 0.2) is 11.6 Å². The molecule has 8 nitrogen and oxygen atoms in total. The Morgan fingerprint density at radius 1 is 1.32 bits per heavy atom. The zero-order valence-electron chi connectivity index (χ0n) is 16.7. The maximum atomic E-state index is 14.3. The van der Waals surface area contributed by atoms with Crippen molar-refractivity contribution in [3.05, 3.63) is 59.0 Å². The number of halogens is 3. The van der Waals surface area contributed by atoms with Gasteiger partial charge in [-0.15, -0.1) is 0 Å². The lowest BCUT2D eigenvalue weighted by Crippen LogP contribution is -2.36. The van der Waals surface area contributed by atoms with Gasteiger partial charge in [0.25, 0.3) is 0 Å². The van der Waals surface area contributed by atoms with Crippen LogP contribution in [0.5, 0.6) is 0 Å². The van der Waals surface area contributed by atoms with E-state index in [0.717, 1.165) is 22.6 Å². The number of cyclic esters (lactones) is 1. The molecule has 1 aliphatic rings. The van der Waals surface area contributed by atoms with E-state index in [-0.39, 0.29) is 24.4 Å². The van der Waals surface area contributed by atoms with Crippen molar-refractivity contribution in [3.8, 4) is 5.69 Å². The molecule has 11 heteroatoms. The minimum Gasteiger partial charge on any atom is -0.447 e. The fraction of sp³-hybridized carbons (Fsp3) is 0.300. The number of benzene rings is 1. The monoisotopic (exact) mass is 448 g/mol. The molecule has 31 heavy (non-hydrogen) atoms. The van der Waals surface area contributed by atoms with E-state index in [0.29, 0.717) is 10.7 Å². The van der Waals surface area contributed by atoms with Gasteiger partial charge in [0, 0.05) is 16.9 Å². The molecule has 1 aromatic carbocycles. The highest BCUT2D eigenvalue weighted by molar-refractivity contribution is 6.30. The Bertz CT molecular complexity index is 1110. The van der Waals surface area contributed by atoms with Crippen molar-refractivity contribution in [1.29, 1.82) is 0 Å². The van der Waals surface area contributed by atoms with E-state index in [4.69, 9.17) is 16.3 Å². The number of nitrogens with zero attached hydrogens (tertiary/aromatic N) is 5. The van der Waals surface area contributed by atoms with Crippen molar-refractivity contribution in [1.82, 2.24) is 19.5 Å². The Kier molecular flexibility index (Phi) is 5.73. The number of anilines is 2. The summed E-state index contributed by atoms with van der Waals surface area (Å²) >= 11 is 5.95. The van der Waals surface area contributed by atoms with E-state index in [1.54, 1.807) is 12.1 Å². The summed E-state index contributed by atoms with van der Waals surface area (Å²) in [5, 5.41) is 3.68. The summed E-state index contributed by atoms with van der Waals surface area (Å²) < 4.78 is 34.2. The molecule has 0 unspecified atom stereocenters. The van der Waals surface area contributed by atoms with Crippen molar-refractivity contribution < 1.29 is 18.3 Å². The van der Waals surface area contributed by atoms with Crippen LogP contribution in [0.4, 0.5) is 25.3 Å². The lowest BCUT2D eigenvalue weighted by atomic mass is 10.2. The molecule has 1 aliphatic heterocycles. The molecule has 3 aromatic rings. The van der Waals surface area contributed by atoms with Crippen LogP contribution in [0.25, 0.3) is 5.69 Å². The maximum absolute atomic E-state index is 14.3. The molecular weight excluding hydrogens is 430 g/mol. The highest BCUT2D eigenvalue weighted by Gasteiger charge is 2.37. The number of rotatable bonds is 6. The van der Waals surface area contributed by atoms with Gasteiger partial charge in [-0.25, -0.2) is 28.4 Å². The van der Waals surface area contributed by atoms with Crippen LogP contribution in [0.2, 0.25) is 5.02 Å². The van der Waals surface area contributed by atoms with Gasteiger partial charge in [-0.05, 0) is 38.1 Å². The third kappa shape index (κ3) is 4.15. The van der Waals surface area contributed by atoms with Gasteiger partial charge in [-0.2, -0.15) is 4.98 Å². The Hall–Kier alpha value is -3.27. The lowest BCUT2D eigenvalue weighted by molar-refractivity contribution is 0.177. The fourth-order valence-corrected chi connectivity index (χ4v) is 3.39. The Morgan fingerprint density at radius 2 is 2.06 bits per heavy atom. The molecule has 0 radical (unpaired) electrons. The van der Waals surface area contributed by atoms with E-state index in [2.05, 4.69) is 20.3 Å². The summed E-state index contributed by atoms with van der Waals surface area (Å²) in [7, 11) is 0. The maximum Gasteiger partial charge on any atom is 0.416 e. The summed E-state index contributed by atoms with van der Waals surface area (Å²) in [6, 6.07) is 6.07. The van der Waals surface area contributed by atoms with E-state index in [1.165, 1.54) is 0 Å². The molecule has 1 saturated heterocycles. The number of aromatic nitrogens is 4. The number of alkyl halides is 1. The molecule has 0 bridgehead atoms. The van der Waals surface area contributed by atoms with Crippen LogP contribution in [0.15, 0.2) is 36.7 Å². The summed E-state index contributed by atoms with van der Waals surface area (Å²) in [6.45, 7) is 2.66. The molecule has 162 valence electrons. The van der Waals surface area contributed by atoms with Gasteiger partial charge in [0.1, 0.15) is 25.1 Å². The predicted octanol–water partition coefficient (Wildman–Crippen LogP) is 4.23. The van der Waals surface area contributed by atoms with Crippen molar-refractivity contribution in [2.24, 2.45) is 0 Å². The molecule has 2 aromatic heterocycles. The highest BCUT2D eigenvalue weighted by atomic mass is 35.5. The minimum absolute atomic E-state index is 0.0694. The summed E-state index contributed by atoms with van der Waals surface area (Å²) in [5.41, 5.74) is 1.60. The first-order valence-corrected chi connectivity index (χ1v) is 9.88. The van der Waals surface area contributed by atoms with Gasteiger partial charge < -0.3 is 14.6 Å². The molecule has 0 saturated carbocycles. The number of nitrogens with one attached hydrogen (secondary N) is 1. The molecule has 1 N–H and O–H groups in total. The van der Waals surface area contributed by atoms with Crippen molar-refractivity contribution >= 4 is 29.5 Å². The number of imidazole rings is 1. The minimum atomic E-state index is -0.931. The largest absolute Gasteiger partial charge is 0.447 e. The zero-order chi connectivity index (χ0) is 22.1. The molecule has 0 aliphatic carbocycles. The topological polar surface area (TPSA) is 85.2 Å². The second kappa shape index (κ2) is 8.46. The van der Waals surface area contributed by atoms with Gasteiger partial charge in [0.2, 0.25) is 5.95 Å². The average Bonchev–Trinajstić information content (AvgIpc) is 3.32. The Morgan fingerprint density at radius 3 is 2.77 bits per heavy atom. The number of carbonyl (C=O) groups is 1. The first kappa shape index (κ1) is 21.0. The summed E-state index contributed by atoms with van der Waals surface area (Å²) in [4.78, 5) is 25.4. The van der Waals surface area contributed by atoms with Gasteiger partial charge >= 0.3 is 6.09 Å². The van der Waals surface area contributed by atoms with E-state index < -0.39 is 24.6 Å². The fourth-order valence-electron chi connectivity index (χ4n) is 3.26. The first-order chi connectivity index (χ1) is 14.9. The third-order valence-electron chi connectivity index (χ3n) is 4.89. The van der Waals surface area contributed by atoms with Crippen LogP contribution in [-0.2, 0) is 4.74 Å². The Balaban J connectivity index is 1.57. The van der Waals surface area contributed by atoms with Crippen molar-refractivity contribution in [2.45, 2.75) is 25.9 Å². The van der Waals surface area contributed by atoms with E-state index in [1.807, 2.05) is 36.7 Å². The standard InChI is InChI=1S/C20H19ClF2N6O2/c1-11(17-9-28(12(2)26-17)14-5-3-13(21)4-6-14)25-19-24-8-16(23)18(27-19)29-15(7-22)10-31-20(29)30/h3-6,8-9,11,15H,7,10H2,1-2H3,(H,24,25,27)/t11-,15-/m0/s1. The summed E-state index contributed by atoms with van der Waals surface area (Å²) in [6.07, 6.45) is 1.93. The number of amides is 1. The van der Waals surface area contributed by atoms with Gasteiger partial charge in [0.05, 0.1) is 17.9 Å². The van der Waals surface area contributed by atoms with Crippen LogP contribution in [0.3, 0.4) is 0 Å². The SMILES string of the molecule is Cc1nc([C@H](C)Nc2ncc(F)c(N3C(=O)OC[C@@H]3CF)n2)cn1-c1ccc(Cl)cc1. The number of hydrogen-bond acceptors (Lipinski definition) is 6. The van der Waals surface area contributed by atoms with Gasteiger partial charge in [-0.1, -0.05) is 11.6 Å². The van der Waals surface area contributed by atoms with Gasteiger partial charge in [-0.3, -0.25) is 0 Å². The molecule has 1 amide bonds. The molecule has 1 fully saturated rings. The predicted molar refractivity (Wildman–Crippen MR) is 111 cm³/mol. The van der Waals surface area contributed by atoms with E-state index >= 15 is 0 Å². The Labute approximate surface area is 181 Å². The number of ether oxygens (including phenoxy) is 1. The summed E-state index contributed by atoms with van der Waals surface area (Å²) in [5.74, 6) is -0.353. The zero-order valence-corrected chi connectivity index (χ0v) is 17.5. The third-order valence-corrected chi connectivity index (χ3v) is 5.14. The number of aryl methyl sites for hydroxylation is 1. The second-order valence-corrected chi connectivity index (χ2v) is 7.48. The van der Waals surface area contributed by atoms with Crippen LogP contribution in [0.1, 0.15) is 24.5 Å². The molecule has 2 atom stereocenters. The molecule has 4 rings (SSSR count). The molecule has 3 heterocycles. The highest BCUT2D eigenvalue weighted by Crippen LogP contribution is 2.26. The van der Waals surface area contributed by atoms with Crippen molar-refractivity contribution in [3.63, 3.8) is 0 Å². The number of hydrogen-bond donors (Lipinski definition) is 1. The second-order valence-electron chi connectivity index (χ2n) is 7.05. The van der Waals surface area contributed by atoms with Crippen LogP contribution in [0, 0.1) is 12.7 Å². The smallest absolute Gasteiger partial charge is 0.416 e. The molecule has 0 spiro atoms. The molecular formula is C20H19ClF2N6O2. The van der Waals surface area contributed by atoms with Crippen LogP contribution >= 0.6 is 11.6 Å². The first-order valence-electron chi connectivity index (χ1n) is 9.50. The number of carbonyl (C=O) groups excluding carboxylic acids is 1. The quantitative estimate of drug-likeness (QED) is 0.607.